The molecule has 0 radical (unpaired) electrons. The first-order chi connectivity index (χ1) is 8.22. The van der Waals surface area contributed by atoms with E-state index in [4.69, 9.17) is 0 Å². The van der Waals surface area contributed by atoms with Gasteiger partial charge in [-0.25, -0.2) is 0 Å². The van der Waals surface area contributed by atoms with Gasteiger partial charge >= 0.3 is 0 Å². The Labute approximate surface area is 108 Å². The first kappa shape index (κ1) is 13.2. The highest BCUT2D eigenvalue weighted by Gasteiger charge is 2.57. The van der Waals surface area contributed by atoms with Gasteiger partial charge < -0.3 is 10.6 Å². The smallest absolute Gasteiger partial charge is 0.223 e. The van der Waals surface area contributed by atoms with E-state index < -0.39 is 0 Å². The van der Waals surface area contributed by atoms with Crippen LogP contribution < -0.4 is 10.6 Å². The molecular formula is C13H24N2OS. The van der Waals surface area contributed by atoms with Gasteiger partial charge in [-0.05, 0) is 50.4 Å². The van der Waals surface area contributed by atoms with Gasteiger partial charge in [0.1, 0.15) is 0 Å². The zero-order valence-electron chi connectivity index (χ0n) is 10.9. The Morgan fingerprint density at radius 2 is 2.24 bits per heavy atom. The van der Waals surface area contributed by atoms with E-state index in [2.05, 4.69) is 23.8 Å². The molecule has 17 heavy (non-hydrogen) atoms. The molecule has 3 nitrogen and oxygen atoms in total. The fraction of sp³-hybridized carbons (Fsp3) is 0.923. The van der Waals surface area contributed by atoms with Crippen molar-refractivity contribution in [3.8, 4) is 0 Å². The van der Waals surface area contributed by atoms with E-state index >= 15 is 0 Å². The maximum atomic E-state index is 12.2. The van der Waals surface area contributed by atoms with E-state index in [0.29, 0.717) is 23.3 Å². The van der Waals surface area contributed by atoms with E-state index in [1.165, 1.54) is 12.8 Å². The maximum Gasteiger partial charge on any atom is 0.223 e. The fourth-order valence-corrected chi connectivity index (χ4v) is 3.68. The van der Waals surface area contributed by atoms with Gasteiger partial charge in [-0.15, -0.1) is 0 Å². The lowest BCUT2D eigenvalue weighted by Gasteiger charge is -2.24. The number of piperidine rings is 1. The Bertz CT molecular complexity index is 277. The summed E-state index contributed by atoms with van der Waals surface area (Å²) in [5.41, 5.74) is 0.368. The van der Waals surface area contributed by atoms with Crippen molar-refractivity contribution >= 4 is 17.7 Å². The number of nitrogens with one attached hydrogen (secondary N) is 2. The van der Waals surface area contributed by atoms with Gasteiger partial charge in [0.05, 0.1) is 0 Å². The quantitative estimate of drug-likeness (QED) is 0.785. The minimum atomic E-state index is 0.306. The van der Waals surface area contributed by atoms with Crippen molar-refractivity contribution in [2.24, 2.45) is 11.3 Å². The van der Waals surface area contributed by atoms with Crippen LogP contribution in [0.3, 0.4) is 0 Å². The molecule has 2 aliphatic rings. The third-order valence-electron chi connectivity index (χ3n) is 4.31. The molecule has 1 aliphatic carbocycles. The Morgan fingerprint density at radius 1 is 1.53 bits per heavy atom. The number of carbonyl (C=O) groups excluding carboxylic acids is 1. The first-order valence-corrected chi connectivity index (χ1v) is 8.11. The van der Waals surface area contributed by atoms with E-state index in [0.717, 1.165) is 31.7 Å². The highest BCUT2D eigenvalue weighted by atomic mass is 32.2. The Kier molecular flexibility index (Phi) is 4.36. The third kappa shape index (κ3) is 2.97. The molecule has 2 unspecified atom stereocenters. The Hall–Kier alpha value is -0.220. The van der Waals surface area contributed by atoms with Gasteiger partial charge in [-0.1, -0.05) is 6.92 Å². The molecule has 1 saturated carbocycles. The second-order valence-corrected chi connectivity index (χ2v) is 6.35. The summed E-state index contributed by atoms with van der Waals surface area (Å²) >= 11 is 1.81. The van der Waals surface area contributed by atoms with Crippen LogP contribution in [0.2, 0.25) is 0 Å². The van der Waals surface area contributed by atoms with Crippen molar-refractivity contribution in [3.05, 3.63) is 0 Å². The van der Waals surface area contributed by atoms with Crippen LogP contribution in [-0.2, 0) is 4.79 Å². The summed E-state index contributed by atoms with van der Waals surface area (Å²) in [5, 5.41) is 6.60. The zero-order chi connectivity index (χ0) is 12.3. The van der Waals surface area contributed by atoms with Gasteiger partial charge in [0.2, 0.25) is 5.91 Å². The SMILES string of the molecule is CCC(CSC)NC(=O)C1CC12CCNCC2. The van der Waals surface area contributed by atoms with Crippen molar-refractivity contribution in [1.29, 1.82) is 0 Å². The molecule has 1 aliphatic heterocycles. The van der Waals surface area contributed by atoms with Crippen LogP contribution in [0.5, 0.6) is 0 Å². The molecule has 2 N–H and O–H groups in total. The molecule has 0 aromatic rings. The summed E-state index contributed by atoms with van der Waals surface area (Å²) in [7, 11) is 0. The van der Waals surface area contributed by atoms with Crippen molar-refractivity contribution in [3.63, 3.8) is 0 Å². The molecular weight excluding hydrogens is 232 g/mol. The molecule has 2 rings (SSSR count). The van der Waals surface area contributed by atoms with Crippen molar-refractivity contribution in [1.82, 2.24) is 10.6 Å². The number of thioether (sulfide) groups is 1. The molecule has 1 spiro atoms. The van der Waals surface area contributed by atoms with Gasteiger partial charge in [0.25, 0.3) is 0 Å². The number of hydrogen-bond donors (Lipinski definition) is 2. The molecule has 0 aromatic heterocycles. The molecule has 1 saturated heterocycles. The van der Waals surface area contributed by atoms with Crippen LogP contribution in [0.25, 0.3) is 0 Å². The number of hydrogen-bond acceptors (Lipinski definition) is 3. The van der Waals surface area contributed by atoms with E-state index in [1.807, 2.05) is 11.8 Å². The summed E-state index contributed by atoms with van der Waals surface area (Å²) in [5.74, 6) is 1.65. The second kappa shape index (κ2) is 5.61. The second-order valence-electron chi connectivity index (χ2n) is 5.44. The number of carbonyl (C=O) groups is 1. The third-order valence-corrected chi connectivity index (χ3v) is 5.05. The van der Waals surface area contributed by atoms with Crippen LogP contribution in [-0.4, -0.2) is 37.0 Å². The molecule has 2 atom stereocenters. The summed E-state index contributed by atoms with van der Waals surface area (Å²) in [6, 6.07) is 0.358. The molecule has 1 heterocycles. The maximum absolute atomic E-state index is 12.2. The molecule has 0 bridgehead atoms. The minimum absolute atomic E-state index is 0.306. The summed E-state index contributed by atoms with van der Waals surface area (Å²) in [6.45, 7) is 4.33. The predicted molar refractivity (Wildman–Crippen MR) is 73.2 cm³/mol. The number of amides is 1. The van der Waals surface area contributed by atoms with Gasteiger partial charge in [-0.2, -0.15) is 11.8 Å². The fourth-order valence-electron chi connectivity index (χ4n) is 2.96. The van der Waals surface area contributed by atoms with Crippen molar-refractivity contribution < 1.29 is 4.79 Å². The van der Waals surface area contributed by atoms with Crippen LogP contribution >= 0.6 is 11.8 Å². The van der Waals surface area contributed by atoms with Gasteiger partial charge in [0, 0.05) is 17.7 Å². The highest BCUT2D eigenvalue weighted by molar-refractivity contribution is 7.98. The minimum Gasteiger partial charge on any atom is -0.352 e. The number of rotatable bonds is 5. The van der Waals surface area contributed by atoms with E-state index in [9.17, 15) is 4.79 Å². The Balaban J connectivity index is 1.81. The molecule has 4 heteroatoms. The summed E-state index contributed by atoms with van der Waals surface area (Å²) in [6.07, 6.45) is 6.62. The topological polar surface area (TPSA) is 41.1 Å². The molecule has 98 valence electrons. The van der Waals surface area contributed by atoms with Crippen LogP contribution in [0.1, 0.15) is 32.6 Å². The molecule has 2 fully saturated rings. The van der Waals surface area contributed by atoms with Gasteiger partial charge in [-0.3, -0.25) is 4.79 Å². The molecule has 0 aromatic carbocycles. The summed E-state index contributed by atoms with van der Waals surface area (Å²) in [4.78, 5) is 12.2. The lowest BCUT2D eigenvalue weighted by atomic mass is 9.91. The van der Waals surface area contributed by atoms with Crippen LogP contribution in [0.4, 0.5) is 0 Å². The van der Waals surface area contributed by atoms with E-state index in [1.54, 1.807) is 0 Å². The predicted octanol–water partition coefficient (Wildman–Crippen LogP) is 1.63. The first-order valence-electron chi connectivity index (χ1n) is 6.72. The van der Waals surface area contributed by atoms with Crippen LogP contribution in [0, 0.1) is 11.3 Å². The highest BCUT2D eigenvalue weighted by Crippen LogP contribution is 2.58. The lowest BCUT2D eigenvalue weighted by Crippen LogP contribution is -2.39. The van der Waals surface area contributed by atoms with Crippen molar-refractivity contribution in [2.45, 2.75) is 38.6 Å². The monoisotopic (exact) mass is 256 g/mol. The standard InChI is InChI=1S/C13H24N2OS/c1-3-10(9-17-2)15-12(16)11-8-13(11)4-6-14-7-5-13/h10-11,14H,3-9H2,1-2H3,(H,15,16). The van der Waals surface area contributed by atoms with Crippen LogP contribution in [0.15, 0.2) is 0 Å². The van der Waals surface area contributed by atoms with Crippen molar-refractivity contribution in [2.75, 3.05) is 25.1 Å². The zero-order valence-corrected chi connectivity index (χ0v) is 11.7. The summed E-state index contributed by atoms with van der Waals surface area (Å²) < 4.78 is 0. The Morgan fingerprint density at radius 3 is 2.82 bits per heavy atom. The molecule has 1 amide bonds. The normalized spacial score (nSPS) is 27.8. The lowest BCUT2D eigenvalue weighted by molar-refractivity contribution is -0.123. The van der Waals surface area contributed by atoms with E-state index in [-0.39, 0.29) is 0 Å². The average Bonchev–Trinajstić information content (AvgIpc) is 3.03. The van der Waals surface area contributed by atoms with Gasteiger partial charge in [0.15, 0.2) is 0 Å². The largest absolute Gasteiger partial charge is 0.352 e. The average molecular weight is 256 g/mol.